The molecule has 2 N–H and O–H groups in total. The average Bonchev–Trinajstić information content (AvgIpc) is 2.16. The SMILES string of the molecule is C=C(CN)CN(CC)CCOCC. The Balaban J connectivity index is 3.56. The van der Waals surface area contributed by atoms with Gasteiger partial charge in [-0.25, -0.2) is 0 Å². The van der Waals surface area contributed by atoms with Gasteiger partial charge in [0.2, 0.25) is 0 Å². The maximum atomic E-state index is 5.47. The minimum absolute atomic E-state index is 0.575. The smallest absolute Gasteiger partial charge is 0.0593 e. The van der Waals surface area contributed by atoms with Crippen molar-refractivity contribution >= 4 is 0 Å². The van der Waals surface area contributed by atoms with Crippen LogP contribution in [-0.4, -0.2) is 44.3 Å². The third kappa shape index (κ3) is 6.75. The second kappa shape index (κ2) is 8.23. The van der Waals surface area contributed by atoms with E-state index in [0.717, 1.165) is 38.4 Å². The normalized spacial score (nSPS) is 10.8. The summed E-state index contributed by atoms with van der Waals surface area (Å²) in [4.78, 5) is 2.28. The third-order valence-corrected chi connectivity index (χ3v) is 1.94. The molecule has 0 radical (unpaired) electrons. The first-order valence-corrected chi connectivity index (χ1v) is 4.91. The summed E-state index contributed by atoms with van der Waals surface area (Å²) in [7, 11) is 0. The number of hydrogen-bond acceptors (Lipinski definition) is 3. The summed E-state index contributed by atoms with van der Waals surface area (Å²) in [6, 6.07) is 0. The van der Waals surface area contributed by atoms with E-state index >= 15 is 0 Å². The van der Waals surface area contributed by atoms with Gasteiger partial charge in [-0.05, 0) is 19.0 Å². The molecule has 0 aliphatic heterocycles. The lowest BCUT2D eigenvalue weighted by Crippen LogP contribution is -2.30. The van der Waals surface area contributed by atoms with Crippen molar-refractivity contribution in [1.82, 2.24) is 4.90 Å². The lowest BCUT2D eigenvalue weighted by molar-refractivity contribution is 0.118. The molecule has 0 aliphatic carbocycles. The first-order valence-electron chi connectivity index (χ1n) is 4.91. The quantitative estimate of drug-likeness (QED) is 0.451. The van der Waals surface area contributed by atoms with Gasteiger partial charge < -0.3 is 10.5 Å². The van der Waals surface area contributed by atoms with Crippen molar-refractivity contribution in [3.63, 3.8) is 0 Å². The Bertz CT molecular complexity index is 137. The topological polar surface area (TPSA) is 38.5 Å². The Morgan fingerprint density at radius 2 is 2.15 bits per heavy atom. The van der Waals surface area contributed by atoms with E-state index < -0.39 is 0 Å². The summed E-state index contributed by atoms with van der Waals surface area (Å²) < 4.78 is 5.28. The van der Waals surface area contributed by atoms with Crippen LogP contribution in [0.4, 0.5) is 0 Å². The van der Waals surface area contributed by atoms with Gasteiger partial charge in [0.05, 0.1) is 6.61 Å². The molecule has 0 unspecified atom stereocenters. The molecule has 0 aromatic heterocycles. The summed E-state index contributed by atoms with van der Waals surface area (Å²) in [5, 5.41) is 0. The van der Waals surface area contributed by atoms with Gasteiger partial charge in [0.15, 0.2) is 0 Å². The summed E-state index contributed by atoms with van der Waals surface area (Å²) in [6.07, 6.45) is 0. The highest BCUT2D eigenvalue weighted by Crippen LogP contribution is 1.94. The fourth-order valence-electron chi connectivity index (χ4n) is 1.07. The Morgan fingerprint density at radius 3 is 2.62 bits per heavy atom. The van der Waals surface area contributed by atoms with Gasteiger partial charge in [-0.3, -0.25) is 4.90 Å². The van der Waals surface area contributed by atoms with Gasteiger partial charge in [-0.2, -0.15) is 0 Å². The number of ether oxygens (including phenoxy) is 1. The summed E-state index contributed by atoms with van der Waals surface area (Å²) >= 11 is 0. The second-order valence-electron chi connectivity index (χ2n) is 3.02. The van der Waals surface area contributed by atoms with Gasteiger partial charge in [0, 0.05) is 26.2 Å². The number of likely N-dealkylation sites (N-methyl/N-ethyl adjacent to an activating group) is 1. The van der Waals surface area contributed by atoms with Crippen molar-refractivity contribution in [2.75, 3.05) is 39.4 Å². The van der Waals surface area contributed by atoms with E-state index in [0.29, 0.717) is 6.54 Å². The molecule has 0 rings (SSSR count). The van der Waals surface area contributed by atoms with Crippen LogP contribution in [0.2, 0.25) is 0 Å². The van der Waals surface area contributed by atoms with Crippen LogP contribution >= 0.6 is 0 Å². The maximum absolute atomic E-state index is 5.47. The summed E-state index contributed by atoms with van der Waals surface area (Å²) in [5.74, 6) is 0. The first kappa shape index (κ1) is 12.6. The second-order valence-corrected chi connectivity index (χ2v) is 3.02. The van der Waals surface area contributed by atoms with Gasteiger partial charge in [0.1, 0.15) is 0 Å². The standard InChI is InChI=1S/C10H22N2O/c1-4-12(6-7-13-5-2)9-10(3)8-11/h3-9,11H2,1-2H3. The zero-order valence-corrected chi connectivity index (χ0v) is 8.88. The van der Waals surface area contributed by atoms with E-state index in [9.17, 15) is 0 Å². The van der Waals surface area contributed by atoms with E-state index in [2.05, 4.69) is 18.4 Å². The van der Waals surface area contributed by atoms with E-state index in [1.165, 1.54) is 0 Å². The predicted molar refractivity (Wildman–Crippen MR) is 56.8 cm³/mol. The zero-order valence-electron chi connectivity index (χ0n) is 8.88. The van der Waals surface area contributed by atoms with E-state index in [4.69, 9.17) is 10.5 Å². The molecule has 0 aromatic carbocycles. The number of nitrogens with zero attached hydrogens (tertiary/aromatic N) is 1. The summed E-state index contributed by atoms with van der Waals surface area (Å²) in [5.41, 5.74) is 6.55. The van der Waals surface area contributed by atoms with Crippen LogP contribution in [0.5, 0.6) is 0 Å². The van der Waals surface area contributed by atoms with Gasteiger partial charge in [-0.1, -0.05) is 13.5 Å². The van der Waals surface area contributed by atoms with Crippen LogP contribution in [0.25, 0.3) is 0 Å². The fraction of sp³-hybridized carbons (Fsp3) is 0.800. The Morgan fingerprint density at radius 1 is 1.46 bits per heavy atom. The largest absolute Gasteiger partial charge is 0.380 e. The monoisotopic (exact) mass is 186 g/mol. The van der Waals surface area contributed by atoms with Crippen molar-refractivity contribution in [3.8, 4) is 0 Å². The fourth-order valence-corrected chi connectivity index (χ4v) is 1.07. The molecule has 0 saturated heterocycles. The minimum atomic E-state index is 0.575. The average molecular weight is 186 g/mol. The molecule has 78 valence electrons. The Kier molecular flexibility index (Phi) is 7.99. The minimum Gasteiger partial charge on any atom is -0.380 e. The number of hydrogen-bond donors (Lipinski definition) is 1. The zero-order chi connectivity index (χ0) is 10.1. The van der Waals surface area contributed by atoms with Gasteiger partial charge >= 0.3 is 0 Å². The Labute approximate surface area is 81.5 Å². The van der Waals surface area contributed by atoms with E-state index in [1.807, 2.05) is 6.92 Å². The lowest BCUT2D eigenvalue weighted by Gasteiger charge is -2.20. The van der Waals surface area contributed by atoms with Crippen molar-refractivity contribution < 1.29 is 4.74 Å². The molecule has 13 heavy (non-hydrogen) atoms. The molecule has 0 aromatic rings. The van der Waals surface area contributed by atoms with Crippen molar-refractivity contribution in [2.45, 2.75) is 13.8 Å². The molecule has 0 heterocycles. The molecule has 0 spiro atoms. The molecule has 3 heteroatoms. The highest BCUT2D eigenvalue weighted by molar-refractivity contribution is 4.98. The van der Waals surface area contributed by atoms with Crippen LogP contribution in [0.3, 0.4) is 0 Å². The molecule has 0 fully saturated rings. The van der Waals surface area contributed by atoms with Crippen molar-refractivity contribution in [2.24, 2.45) is 5.73 Å². The number of rotatable bonds is 8. The maximum Gasteiger partial charge on any atom is 0.0593 e. The molecule has 0 amide bonds. The summed E-state index contributed by atoms with van der Waals surface area (Å²) in [6.45, 7) is 13.1. The van der Waals surface area contributed by atoms with Crippen molar-refractivity contribution in [1.29, 1.82) is 0 Å². The van der Waals surface area contributed by atoms with Crippen LogP contribution in [0.15, 0.2) is 12.2 Å². The highest BCUT2D eigenvalue weighted by atomic mass is 16.5. The van der Waals surface area contributed by atoms with Crippen LogP contribution < -0.4 is 5.73 Å². The molecule has 3 nitrogen and oxygen atoms in total. The predicted octanol–water partition coefficient (Wildman–Crippen LogP) is 0.860. The molecular formula is C10H22N2O. The van der Waals surface area contributed by atoms with Crippen LogP contribution in [0, 0.1) is 0 Å². The first-order chi connectivity index (χ1) is 6.24. The van der Waals surface area contributed by atoms with Crippen LogP contribution in [0.1, 0.15) is 13.8 Å². The molecule has 0 aliphatic rings. The van der Waals surface area contributed by atoms with E-state index in [-0.39, 0.29) is 0 Å². The third-order valence-electron chi connectivity index (χ3n) is 1.94. The highest BCUT2D eigenvalue weighted by Gasteiger charge is 2.02. The van der Waals surface area contributed by atoms with E-state index in [1.54, 1.807) is 0 Å². The van der Waals surface area contributed by atoms with Crippen LogP contribution in [-0.2, 0) is 4.74 Å². The molecule has 0 bridgehead atoms. The lowest BCUT2D eigenvalue weighted by atomic mass is 10.3. The number of nitrogens with two attached hydrogens (primary N) is 1. The van der Waals surface area contributed by atoms with Gasteiger partial charge in [-0.15, -0.1) is 0 Å². The van der Waals surface area contributed by atoms with Gasteiger partial charge in [0.25, 0.3) is 0 Å². The molecular weight excluding hydrogens is 164 g/mol. The molecule has 0 saturated carbocycles. The van der Waals surface area contributed by atoms with Crippen molar-refractivity contribution in [3.05, 3.63) is 12.2 Å². The molecule has 0 atom stereocenters. The Hall–Kier alpha value is -0.380.